The predicted octanol–water partition coefficient (Wildman–Crippen LogP) is 4.52. The summed E-state index contributed by atoms with van der Waals surface area (Å²) in [6.07, 6.45) is 8.91. The molecule has 1 unspecified atom stereocenters. The number of nitriles is 1. The lowest BCUT2D eigenvalue weighted by atomic mass is 9.96. The Morgan fingerprint density at radius 2 is 2.20 bits per heavy atom. The Morgan fingerprint density at radius 1 is 1.37 bits per heavy atom. The Kier molecular flexibility index (Phi) is 7.42. The van der Waals surface area contributed by atoms with Gasteiger partial charge in [0.05, 0.1) is 11.4 Å². The topological polar surface area (TPSA) is 96.0 Å². The number of nitrogens with one attached hydrogen (secondary N) is 1. The highest BCUT2D eigenvalue weighted by Gasteiger charge is 2.20. The first kappa shape index (κ1) is 22.2. The molecule has 2 aromatic heterocycles. The summed E-state index contributed by atoms with van der Waals surface area (Å²) >= 11 is 0. The molecular formula is C22H31N5O2Si. The number of hydrogen-bond donors (Lipinski definition) is 2. The van der Waals surface area contributed by atoms with Crippen LogP contribution in [0.15, 0.2) is 30.6 Å². The van der Waals surface area contributed by atoms with E-state index in [4.69, 9.17) is 4.74 Å². The van der Waals surface area contributed by atoms with E-state index in [1.165, 1.54) is 12.0 Å². The monoisotopic (exact) mass is 425 g/mol. The van der Waals surface area contributed by atoms with Gasteiger partial charge in [-0.3, -0.25) is 4.98 Å². The molecule has 1 atom stereocenters. The average Bonchev–Trinajstić information content (AvgIpc) is 3.15. The van der Waals surface area contributed by atoms with Crippen LogP contribution < -0.4 is 5.32 Å². The average molecular weight is 426 g/mol. The van der Waals surface area contributed by atoms with Crippen molar-refractivity contribution in [3.63, 3.8) is 0 Å². The van der Waals surface area contributed by atoms with Crippen molar-refractivity contribution in [3.05, 3.63) is 47.8 Å². The van der Waals surface area contributed by atoms with Crippen LogP contribution in [-0.2, 0) is 11.5 Å². The summed E-state index contributed by atoms with van der Waals surface area (Å²) in [5.41, 5.74) is 3.07. The molecule has 30 heavy (non-hydrogen) atoms. The van der Waals surface area contributed by atoms with Gasteiger partial charge in [0.2, 0.25) is 0 Å². The van der Waals surface area contributed by atoms with Crippen LogP contribution in [0.3, 0.4) is 0 Å². The molecule has 0 fully saturated rings. The maximum Gasteiger partial charge on any atom is 0.184 e. The zero-order valence-electron chi connectivity index (χ0n) is 18.1. The Labute approximate surface area is 179 Å². The third-order valence-electron chi connectivity index (χ3n) is 5.09. The fourth-order valence-electron chi connectivity index (χ4n) is 3.39. The molecule has 2 N–H and O–H groups in total. The van der Waals surface area contributed by atoms with Gasteiger partial charge in [-0.2, -0.15) is 5.26 Å². The molecule has 0 aromatic carbocycles. The predicted molar refractivity (Wildman–Crippen MR) is 120 cm³/mol. The van der Waals surface area contributed by atoms with Gasteiger partial charge in [0.25, 0.3) is 0 Å². The molecule has 2 heterocycles. The molecule has 1 aliphatic carbocycles. The highest BCUT2D eigenvalue weighted by Crippen LogP contribution is 2.31. The minimum absolute atomic E-state index is 0.248. The van der Waals surface area contributed by atoms with Crippen LogP contribution in [0.1, 0.15) is 49.1 Å². The molecule has 0 spiro atoms. The Hall–Kier alpha value is -2.47. The largest absolute Gasteiger partial charge is 0.367 e. The van der Waals surface area contributed by atoms with Crippen molar-refractivity contribution in [3.8, 4) is 6.07 Å². The maximum absolute atomic E-state index is 10.9. The second-order valence-electron chi connectivity index (χ2n) is 8.84. The van der Waals surface area contributed by atoms with Crippen LogP contribution in [0.25, 0.3) is 5.57 Å². The van der Waals surface area contributed by atoms with Crippen molar-refractivity contribution in [1.82, 2.24) is 14.5 Å². The Balaban J connectivity index is 1.74. The summed E-state index contributed by atoms with van der Waals surface area (Å²) in [7, 11) is -1.18. The molecule has 160 valence electrons. The van der Waals surface area contributed by atoms with E-state index in [2.05, 4.69) is 41.0 Å². The Morgan fingerprint density at radius 3 is 2.90 bits per heavy atom. The van der Waals surface area contributed by atoms with Crippen LogP contribution in [0.4, 0.5) is 5.69 Å². The molecule has 0 radical (unpaired) electrons. The molecule has 2 aromatic rings. The van der Waals surface area contributed by atoms with Crippen LogP contribution >= 0.6 is 0 Å². The molecule has 0 saturated carbocycles. The van der Waals surface area contributed by atoms with E-state index in [1.807, 2.05) is 18.2 Å². The first-order valence-electron chi connectivity index (χ1n) is 10.5. The van der Waals surface area contributed by atoms with E-state index >= 15 is 0 Å². The van der Waals surface area contributed by atoms with Crippen molar-refractivity contribution in [1.29, 1.82) is 5.26 Å². The lowest BCUT2D eigenvalue weighted by Gasteiger charge is -2.20. The molecule has 1 aliphatic rings. The molecular weight excluding hydrogens is 394 g/mol. The number of aliphatic hydroxyl groups is 1. The van der Waals surface area contributed by atoms with E-state index in [0.717, 1.165) is 36.7 Å². The number of anilines is 1. The van der Waals surface area contributed by atoms with Gasteiger partial charge in [-0.1, -0.05) is 25.7 Å². The van der Waals surface area contributed by atoms with Gasteiger partial charge in [-0.25, -0.2) is 4.98 Å². The number of allylic oxidation sites excluding steroid dienone is 2. The van der Waals surface area contributed by atoms with Crippen LogP contribution in [-0.4, -0.2) is 34.3 Å². The number of ether oxygens (including phenoxy) is 1. The van der Waals surface area contributed by atoms with Crippen molar-refractivity contribution in [2.24, 2.45) is 0 Å². The molecule has 3 rings (SSSR count). The second kappa shape index (κ2) is 10.0. The maximum atomic E-state index is 10.9. The number of rotatable bonds is 9. The smallest absolute Gasteiger partial charge is 0.184 e. The first-order chi connectivity index (χ1) is 14.4. The standard InChI is InChI=1S/C22H31N5O2Si/c1-30(2,3)13-12-29-16-27-15-18(14-23)25-21(27)22(28)26-19-10-7-11-24-20(19)17-8-5-4-6-9-17/h7-8,10-11,15,22,26,28H,4-6,9,12-13,16H2,1-3H3. The van der Waals surface area contributed by atoms with Crippen molar-refractivity contribution >= 4 is 19.3 Å². The van der Waals surface area contributed by atoms with Gasteiger partial charge in [0.15, 0.2) is 17.7 Å². The molecule has 0 bridgehead atoms. The second-order valence-corrected chi connectivity index (χ2v) is 14.5. The number of pyridine rings is 1. The highest BCUT2D eigenvalue weighted by molar-refractivity contribution is 6.76. The fraction of sp³-hybridized carbons (Fsp3) is 0.500. The third kappa shape index (κ3) is 6.02. The van der Waals surface area contributed by atoms with Crippen molar-refractivity contribution < 1.29 is 9.84 Å². The minimum atomic E-state index is -1.18. The SMILES string of the molecule is C[Si](C)(C)CCOCn1cc(C#N)nc1C(O)Nc1cccnc1C1=CCCCC1. The van der Waals surface area contributed by atoms with E-state index in [-0.39, 0.29) is 12.4 Å². The van der Waals surface area contributed by atoms with Crippen LogP contribution in [0.5, 0.6) is 0 Å². The molecule has 0 amide bonds. The summed E-state index contributed by atoms with van der Waals surface area (Å²) in [5.74, 6) is 0.354. The molecule has 0 aliphatic heterocycles. The summed E-state index contributed by atoms with van der Waals surface area (Å²) in [6, 6.07) is 6.84. The zero-order chi connectivity index (χ0) is 21.6. The molecule has 8 heteroatoms. The Bertz CT molecular complexity index is 926. The van der Waals surface area contributed by atoms with Crippen LogP contribution in [0.2, 0.25) is 25.7 Å². The van der Waals surface area contributed by atoms with Gasteiger partial charge < -0.3 is 19.7 Å². The lowest BCUT2D eigenvalue weighted by molar-refractivity contribution is 0.0777. The number of imidazole rings is 1. The number of aliphatic hydroxyl groups excluding tert-OH is 1. The number of aromatic nitrogens is 3. The summed E-state index contributed by atoms with van der Waals surface area (Å²) in [5, 5.41) is 23.3. The van der Waals surface area contributed by atoms with Gasteiger partial charge in [0, 0.05) is 27.1 Å². The van der Waals surface area contributed by atoms with E-state index in [1.54, 1.807) is 17.0 Å². The van der Waals surface area contributed by atoms with Gasteiger partial charge in [-0.05, 0) is 49.4 Å². The van der Waals surface area contributed by atoms with Gasteiger partial charge >= 0.3 is 0 Å². The zero-order valence-corrected chi connectivity index (χ0v) is 19.1. The van der Waals surface area contributed by atoms with Crippen molar-refractivity contribution in [2.45, 2.75) is 64.3 Å². The number of nitrogens with zero attached hydrogens (tertiary/aromatic N) is 4. The number of hydrogen-bond acceptors (Lipinski definition) is 6. The fourth-order valence-corrected chi connectivity index (χ4v) is 4.15. The lowest BCUT2D eigenvalue weighted by Crippen LogP contribution is -2.22. The summed E-state index contributed by atoms with van der Waals surface area (Å²) in [4.78, 5) is 8.81. The van der Waals surface area contributed by atoms with E-state index in [0.29, 0.717) is 12.4 Å². The quantitative estimate of drug-likeness (QED) is 0.348. The summed E-state index contributed by atoms with van der Waals surface area (Å²) in [6.45, 7) is 7.80. The van der Waals surface area contributed by atoms with E-state index < -0.39 is 14.3 Å². The van der Waals surface area contributed by atoms with Crippen molar-refractivity contribution in [2.75, 3.05) is 11.9 Å². The third-order valence-corrected chi connectivity index (χ3v) is 6.79. The normalized spacial score (nSPS) is 15.4. The highest BCUT2D eigenvalue weighted by atomic mass is 28.3. The van der Waals surface area contributed by atoms with E-state index in [9.17, 15) is 10.4 Å². The van der Waals surface area contributed by atoms with Crippen LogP contribution in [0, 0.1) is 11.3 Å². The minimum Gasteiger partial charge on any atom is -0.367 e. The molecule has 7 nitrogen and oxygen atoms in total. The van der Waals surface area contributed by atoms with Gasteiger partial charge in [0.1, 0.15) is 12.8 Å². The van der Waals surface area contributed by atoms with Gasteiger partial charge in [-0.15, -0.1) is 0 Å². The summed E-state index contributed by atoms with van der Waals surface area (Å²) < 4.78 is 7.49. The molecule has 0 saturated heterocycles. The first-order valence-corrected chi connectivity index (χ1v) is 14.2.